The van der Waals surface area contributed by atoms with Crippen LogP contribution in [0.3, 0.4) is 0 Å². The van der Waals surface area contributed by atoms with Crippen molar-refractivity contribution in [1.29, 1.82) is 0 Å². The molecule has 0 aliphatic rings. The third-order valence-electron chi connectivity index (χ3n) is 2.21. The monoisotopic (exact) mass is 190 g/mol. The van der Waals surface area contributed by atoms with E-state index in [9.17, 15) is 0 Å². The van der Waals surface area contributed by atoms with Gasteiger partial charge in [0.1, 0.15) is 17.7 Å². The molecule has 2 heterocycles. The molecule has 0 spiro atoms. The number of imidazole rings is 1. The Morgan fingerprint density at radius 1 is 1.29 bits per heavy atom. The molecule has 0 N–H and O–H groups in total. The summed E-state index contributed by atoms with van der Waals surface area (Å²) >= 11 is 0. The smallest absolute Gasteiger partial charge is 0.163 e. The summed E-state index contributed by atoms with van der Waals surface area (Å²) in [4.78, 5) is 12.7. The van der Waals surface area contributed by atoms with E-state index in [0.29, 0.717) is 0 Å². The molecule has 0 atom stereocenters. The highest BCUT2D eigenvalue weighted by Gasteiger charge is 2.21. The van der Waals surface area contributed by atoms with Crippen molar-refractivity contribution in [1.82, 2.24) is 19.5 Å². The lowest BCUT2D eigenvalue weighted by molar-refractivity contribution is 0.526. The standard InChI is InChI=1S/C10H14N4/c1-10(2,3)9-13-7-5-11-6-12-8(7)14(9)4/h5-6H,1-4H3. The lowest BCUT2D eigenvalue weighted by atomic mass is 9.96. The minimum absolute atomic E-state index is 0.0372. The topological polar surface area (TPSA) is 43.6 Å². The third kappa shape index (κ3) is 1.27. The van der Waals surface area contributed by atoms with Gasteiger partial charge in [0.2, 0.25) is 0 Å². The normalized spacial score (nSPS) is 12.3. The SMILES string of the molecule is Cn1c(C(C)(C)C)nc2cncnc21. The van der Waals surface area contributed by atoms with E-state index in [1.165, 1.54) is 0 Å². The van der Waals surface area contributed by atoms with Crippen LogP contribution in [0.5, 0.6) is 0 Å². The molecule has 0 amide bonds. The average Bonchev–Trinajstić information content (AvgIpc) is 2.44. The fraction of sp³-hybridized carbons (Fsp3) is 0.500. The maximum atomic E-state index is 4.52. The Balaban J connectivity index is 2.75. The highest BCUT2D eigenvalue weighted by atomic mass is 15.1. The number of aryl methyl sites for hydroxylation is 1. The zero-order valence-electron chi connectivity index (χ0n) is 8.94. The van der Waals surface area contributed by atoms with Gasteiger partial charge in [-0.1, -0.05) is 20.8 Å². The zero-order valence-corrected chi connectivity index (χ0v) is 8.94. The van der Waals surface area contributed by atoms with Gasteiger partial charge < -0.3 is 4.57 Å². The maximum Gasteiger partial charge on any atom is 0.163 e. The van der Waals surface area contributed by atoms with E-state index in [1.807, 2.05) is 11.6 Å². The largest absolute Gasteiger partial charge is 0.315 e. The molecule has 0 aliphatic heterocycles. The van der Waals surface area contributed by atoms with E-state index in [0.717, 1.165) is 17.0 Å². The zero-order chi connectivity index (χ0) is 10.3. The van der Waals surface area contributed by atoms with Crippen molar-refractivity contribution >= 4 is 11.2 Å². The molecule has 0 radical (unpaired) electrons. The highest BCUT2D eigenvalue weighted by molar-refractivity contribution is 5.70. The van der Waals surface area contributed by atoms with Crippen LogP contribution in [-0.2, 0) is 12.5 Å². The van der Waals surface area contributed by atoms with Gasteiger partial charge in [0.25, 0.3) is 0 Å². The summed E-state index contributed by atoms with van der Waals surface area (Å²) in [6.07, 6.45) is 3.30. The molecule has 2 aromatic rings. The van der Waals surface area contributed by atoms with Gasteiger partial charge in [0, 0.05) is 12.5 Å². The van der Waals surface area contributed by atoms with Crippen molar-refractivity contribution in [3.05, 3.63) is 18.3 Å². The minimum Gasteiger partial charge on any atom is -0.315 e. The third-order valence-corrected chi connectivity index (χ3v) is 2.21. The first-order valence-electron chi connectivity index (χ1n) is 4.63. The molecule has 2 rings (SSSR count). The van der Waals surface area contributed by atoms with Crippen molar-refractivity contribution < 1.29 is 0 Å². The number of fused-ring (bicyclic) bond motifs is 1. The predicted molar refractivity (Wildman–Crippen MR) is 55.0 cm³/mol. The summed E-state index contributed by atoms with van der Waals surface area (Å²) in [6, 6.07) is 0. The van der Waals surface area contributed by atoms with Gasteiger partial charge in [0.05, 0.1) is 6.20 Å². The number of hydrogen-bond acceptors (Lipinski definition) is 3. The quantitative estimate of drug-likeness (QED) is 0.634. The Bertz CT molecular complexity index is 464. The van der Waals surface area contributed by atoms with Crippen LogP contribution >= 0.6 is 0 Å². The summed E-state index contributed by atoms with van der Waals surface area (Å²) in [5.74, 6) is 1.04. The van der Waals surface area contributed by atoms with Gasteiger partial charge in [-0.3, -0.25) is 0 Å². The second kappa shape index (κ2) is 2.77. The van der Waals surface area contributed by atoms with E-state index >= 15 is 0 Å². The van der Waals surface area contributed by atoms with E-state index in [2.05, 4.69) is 35.7 Å². The van der Waals surface area contributed by atoms with Gasteiger partial charge in [-0.2, -0.15) is 0 Å². The number of nitrogens with zero attached hydrogens (tertiary/aromatic N) is 4. The van der Waals surface area contributed by atoms with Crippen LogP contribution in [0.4, 0.5) is 0 Å². The highest BCUT2D eigenvalue weighted by Crippen LogP contribution is 2.23. The van der Waals surface area contributed by atoms with Crippen molar-refractivity contribution in [2.45, 2.75) is 26.2 Å². The molecule has 4 heteroatoms. The molecule has 2 aromatic heterocycles. The lowest BCUT2D eigenvalue weighted by Gasteiger charge is -2.17. The number of aromatic nitrogens is 4. The Kier molecular flexibility index (Phi) is 1.80. The molecule has 0 unspecified atom stereocenters. The van der Waals surface area contributed by atoms with Crippen molar-refractivity contribution in [2.75, 3.05) is 0 Å². The van der Waals surface area contributed by atoms with Crippen LogP contribution in [0, 0.1) is 0 Å². The van der Waals surface area contributed by atoms with Crippen LogP contribution in [0.1, 0.15) is 26.6 Å². The Morgan fingerprint density at radius 2 is 2.00 bits per heavy atom. The second-order valence-electron chi connectivity index (χ2n) is 4.48. The molecule has 0 aliphatic carbocycles. The Labute approximate surface area is 83.0 Å². The van der Waals surface area contributed by atoms with Crippen LogP contribution in [0.2, 0.25) is 0 Å². The first-order valence-corrected chi connectivity index (χ1v) is 4.63. The molecular weight excluding hydrogens is 176 g/mol. The van der Waals surface area contributed by atoms with Crippen molar-refractivity contribution in [3.63, 3.8) is 0 Å². The number of hydrogen-bond donors (Lipinski definition) is 0. The van der Waals surface area contributed by atoms with E-state index in [1.54, 1.807) is 12.5 Å². The maximum absolute atomic E-state index is 4.52. The molecule has 4 nitrogen and oxygen atoms in total. The number of rotatable bonds is 0. The minimum atomic E-state index is 0.0372. The summed E-state index contributed by atoms with van der Waals surface area (Å²) in [7, 11) is 1.99. The molecule has 0 bridgehead atoms. The van der Waals surface area contributed by atoms with E-state index in [4.69, 9.17) is 0 Å². The summed E-state index contributed by atoms with van der Waals surface area (Å²) < 4.78 is 2.02. The molecule has 0 aromatic carbocycles. The average molecular weight is 190 g/mol. The lowest BCUT2D eigenvalue weighted by Crippen LogP contribution is -2.17. The molecule has 0 saturated carbocycles. The van der Waals surface area contributed by atoms with Crippen LogP contribution in [0.25, 0.3) is 11.2 Å². The van der Waals surface area contributed by atoms with Gasteiger partial charge in [-0.15, -0.1) is 0 Å². The summed E-state index contributed by atoms with van der Waals surface area (Å²) in [6.45, 7) is 6.42. The second-order valence-corrected chi connectivity index (χ2v) is 4.48. The first kappa shape index (κ1) is 9.12. The van der Waals surface area contributed by atoms with Crippen molar-refractivity contribution in [2.24, 2.45) is 7.05 Å². The predicted octanol–water partition coefficient (Wildman–Crippen LogP) is 1.66. The van der Waals surface area contributed by atoms with Gasteiger partial charge in [0.15, 0.2) is 5.65 Å². The first-order chi connectivity index (χ1) is 6.50. The van der Waals surface area contributed by atoms with Crippen molar-refractivity contribution in [3.8, 4) is 0 Å². The molecular formula is C10H14N4. The van der Waals surface area contributed by atoms with Gasteiger partial charge >= 0.3 is 0 Å². The molecule has 14 heavy (non-hydrogen) atoms. The van der Waals surface area contributed by atoms with E-state index < -0.39 is 0 Å². The summed E-state index contributed by atoms with van der Waals surface area (Å²) in [5, 5.41) is 0. The molecule has 0 fully saturated rings. The molecule has 74 valence electrons. The van der Waals surface area contributed by atoms with Gasteiger partial charge in [-0.25, -0.2) is 15.0 Å². The van der Waals surface area contributed by atoms with Crippen LogP contribution in [0.15, 0.2) is 12.5 Å². The molecule has 0 saturated heterocycles. The van der Waals surface area contributed by atoms with Gasteiger partial charge in [-0.05, 0) is 0 Å². The summed E-state index contributed by atoms with van der Waals surface area (Å²) in [5.41, 5.74) is 1.79. The fourth-order valence-electron chi connectivity index (χ4n) is 1.61. The Morgan fingerprint density at radius 3 is 2.57 bits per heavy atom. The Hall–Kier alpha value is -1.45. The van der Waals surface area contributed by atoms with Crippen LogP contribution in [-0.4, -0.2) is 19.5 Å². The van der Waals surface area contributed by atoms with Crippen LogP contribution < -0.4 is 0 Å². The fourth-order valence-corrected chi connectivity index (χ4v) is 1.61. The van der Waals surface area contributed by atoms with E-state index in [-0.39, 0.29) is 5.41 Å².